The minimum atomic E-state index is 1.12. The zero-order valence-electron chi connectivity index (χ0n) is 21.7. The van der Waals surface area contributed by atoms with Gasteiger partial charge in [-0.05, 0) is 85.1 Å². The first-order valence-corrected chi connectivity index (χ1v) is 13.2. The first kappa shape index (κ1) is 23.1. The van der Waals surface area contributed by atoms with E-state index in [9.17, 15) is 0 Å². The highest BCUT2D eigenvalue weighted by Gasteiger charge is 2.16. The highest BCUT2D eigenvalue weighted by Crippen LogP contribution is 2.44. The van der Waals surface area contributed by atoms with Crippen molar-refractivity contribution in [2.24, 2.45) is 0 Å². The zero-order chi connectivity index (χ0) is 26.2. The normalized spacial score (nSPS) is 11.2. The Balaban J connectivity index is 1.42. The number of hydrogen-bond donors (Lipinski definition) is 0. The van der Waals surface area contributed by atoms with Crippen molar-refractivity contribution in [3.05, 3.63) is 146 Å². The predicted molar refractivity (Wildman–Crippen MR) is 164 cm³/mol. The van der Waals surface area contributed by atoms with Crippen LogP contribution in [0.1, 0.15) is 5.56 Å². The Morgan fingerprint density at radius 3 is 1.36 bits per heavy atom. The van der Waals surface area contributed by atoms with Crippen LogP contribution in [-0.2, 0) is 0 Å². The molecule has 2 heteroatoms. The number of pyridine rings is 2. The molecule has 184 valence electrons. The summed E-state index contributed by atoms with van der Waals surface area (Å²) in [5.74, 6) is 0. The molecule has 0 bridgehead atoms. The van der Waals surface area contributed by atoms with Gasteiger partial charge in [0, 0.05) is 30.4 Å². The number of hydrogen-bond acceptors (Lipinski definition) is 2. The Morgan fingerprint density at radius 1 is 0.385 bits per heavy atom. The molecule has 0 saturated carbocycles. The monoisotopic (exact) mass is 498 g/mol. The molecule has 0 aliphatic heterocycles. The van der Waals surface area contributed by atoms with E-state index >= 15 is 0 Å². The van der Waals surface area contributed by atoms with Gasteiger partial charge in [-0.2, -0.15) is 0 Å². The summed E-state index contributed by atoms with van der Waals surface area (Å²) < 4.78 is 0. The average molecular weight is 499 g/mol. The second-order valence-electron chi connectivity index (χ2n) is 9.93. The number of aryl methyl sites for hydroxylation is 1. The lowest BCUT2D eigenvalue weighted by Crippen LogP contribution is -1.91. The van der Waals surface area contributed by atoms with E-state index in [0.717, 1.165) is 5.56 Å². The van der Waals surface area contributed by atoms with E-state index in [-0.39, 0.29) is 0 Å². The van der Waals surface area contributed by atoms with E-state index in [4.69, 9.17) is 0 Å². The molecule has 0 spiro atoms. The minimum Gasteiger partial charge on any atom is -0.264 e. The molecule has 0 amide bonds. The van der Waals surface area contributed by atoms with Crippen LogP contribution in [0.4, 0.5) is 0 Å². The van der Waals surface area contributed by atoms with Crippen molar-refractivity contribution in [1.29, 1.82) is 0 Å². The molecule has 0 unspecified atom stereocenters. The molecule has 0 aliphatic carbocycles. The highest BCUT2D eigenvalue weighted by molar-refractivity contribution is 6.21. The van der Waals surface area contributed by atoms with Crippen LogP contribution in [0, 0.1) is 6.92 Å². The average Bonchev–Trinajstić information content (AvgIpc) is 3.01. The lowest BCUT2D eigenvalue weighted by atomic mass is 9.85. The molecular formula is C37H26N2. The van der Waals surface area contributed by atoms with Crippen LogP contribution in [0.25, 0.3) is 66.1 Å². The van der Waals surface area contributed by atoms with E-state index < -0.39 is 0 Å². The van der Waals surface area contributed by atoms with Crippen molar-refractivity contribution >= 4 is 21.5 Å². The summed E-state index contributed by atoms with van der Waals surface area (Å²) in [4.78, 5) is 8.63. The fraction of sp³-hybridized carbons (Fsp3) is 0.0270. The molecule has 0 atom stereocenters. The van der Waals surface area contributed by atoms with Gasteiger partial charge in [0.15, 0.2) is 0 Å². The van der Waals surface area contributed by atoms with Crippen molar-refractivity contribution < 1.29 is 0 Å². The fourth-order valence-electron chi connectivity index (χ4n) is 5.70. The molecule has 39 heavy (non-hydrogen) atoms. The second kappa shape index (κ2) is 9.66. The van der Waals surface area contributed by atoms with Gasteiger partial charge >= 0.3 is 0 Å². The van der Waals surface area contributed by atoms with Gasteiger partial charge in [0.2, 0.25) is 0 Å². The van der Waals surface area contributed by atoms with Crippen molar-refractivity contribution in [2.45, 2.75) is 6.92 Å². The topological polar surface area (TPSA) is 25.8 Å². The van der Waals surface area contributed by atoms with Gasteiger partial charge in [0.1, 0.15) is 0 Å². The summed E-state index contributed by atoms with van der Waals surface area (Å²) in [6.45, 7) is 2.13. The first-order chi connectivity index (χ1) is 19.3. The molecule has 2 nitrogen and oxygen atoms in total. The number of nitrogens with zero attached hydrogens (tertiary/aromatic N) is 2. The van der Waals surface area contributed by atoms with Gasteiger partial charge in [-0.1, -0.05) is 103 Å². The second-order valence-corrected chi connectivity index (χ2v) is 9.93. The van der Waals surface area contributed by atoms with E-state index in [1.54, 1.807) is 0 Å². The molecule has 7 rings (SSSR count). The van der Waals surface area contributed by atoms with Gasteiger partial charge in [-0.15, -0.1) is 0 Å². The minimum absolute atomic E-state index is 1.12. The molecule has 7 aromatic rings. The predicted octanol–water partition coefficient (Wildman–Crippen LogP) is 9.76. The summed E-state index contributed by atoms with van der Waals surface area (Å²) in [7, 11) is 0. The van der Waals surface area contributed by atoms with Gasteiger partial charge in [0.25, 0.3) is 0 Å². The molecule has 5 aromatic carbocycles. The SMILES string of the molecule is Cc1ccncc1-c1ccc(-c2c3ccccc3c(-c3ccc(-c4cccnc4)cc3)c3ccccc23)cc1. The lowest BCUT2D eigenvalue weighted by molar-refractivity contribution is 1.29. The molecular weight excluding hydrogens is 472 g/mol. The Kier molecular flexibility index (Phi) is 5.71. The van der Waals surface area contributed by atoms with Crippen LogP contribution in [0.2, 0.25) is 0 Å². The van der Waals surface area contributed by atoms with E-state index in [2.05, 4.69) is 126 Å². The van der Waals surface area contributed by atoms with Gasteiger partial charge in [-0.25, -0.2) is 0 Å². The highest BCUT2D eigenvalue weighted by atomic mass is 14.6. The summed E-state index contributed by atoms with van der Waals surface area (Å²) in [5, 5.41) is 5.03. The van der Waals surface area contributed by atoms with Crippen LogP contribution in [0.5, 0.6) is 0 Å². The Bertz CT molecular complexity index is 1880. The summed E-state index contributed by atoms with van der Waals surface area (Å²) in [5.41, 5.74) is 10.8. The molecule has 2 aromatic heterocycles. The molecule has 2 heterocycles. The van der Waals surface area contributed by atoms with Gasteiger partial charge < -0.3 is 0 Å². The Morgan fingerprint density at radius 2 is 0.872 bits per heavy atom. The maximum absolute atomic E-state index is 4.34. The quantitative estimate of drug-likeness (QED) is 0.226. The summed E-state index contributed by atoms with van der Waals surface area (Å²) >= 11 is 0. The van der Waals surface area contributed by atoms with Crippen molar-refractivity contribution in [1.82, 2.24) is 9.97 Å². The van der Waals surface area contributed by atoms with Crippen molar-refractivity contribution in [2.75, 3.05) is 0 Å². The van der Waals surface area contributed by atoms with Crippen LogP contribution >= 0.6 is 0 Å². The maximum atomic E-state index is 4.34. The smallest absolute Gasteiger partial charge is 0.0349 e. The number of aromatic nitrogens is 2. The fourth-order valence-corrected chi connectivity index (χ4v) is 5.70. The standard InChI is InChI=1S/C37H26N2/c1-25-20-22-39-24-35(25)27-14-18-29(19-15-27)37-33-10-4-2-8-31(33)36(32-9-3-5-11-34(32)37)28-16-12-26(13-17-28)30-7-6-21-38-23-30/h2-24H,1H3. The molecule has 0 N–H and O–H groups in total. The van der Waals surface area contributed by atoms with Crippen LogP contribution in [0.3, 0.4) is 0 Å². The lowest BCUT2D eigenvalue weighted by Gasteiger charge is -2.18. The summed E-state index contributed by atoms with van der Waals surface area (Å²) in [6.07, 6.45) is 7.52. The van der Waals surface area contributed by atoms with Crippen LogP contribution in [-0.4, -0.2) is 9.97 Å². The zero-order valence-corrected chi connectivity index (χ0v) is 21.7. The van der Waals surface area contributed by atoms with Gasteiger partial charge in [0.05, 0.1) is 0 Å². The number of benzene rings is 5. The third-order valence-corrected chi connectivity index (χ3v) is 7.62. The van der Waals surface area contributed by atoms with E-state index in [0.29, 0.717) is 0 Å². The molecule has 0 fully saturated rings. The third kappa shape index (κ3) is 4.07. The summed E-state index contributed by atoms with van der Waals surface area (Å²) in [6, 6.07) is 41.5. The van der Waals surface area contributed by atoms with Gasteiger partial charge in [-0.3, -0.25) is 9.97 Å². The van der Waals surface area contributed by atoms with Crippen molar-refractivity contribution in [3.8, 4) is 44.5 Å². The Hall–Kier alpha value is -5.08. The molecule has 0 aliphatic rings. The Labute approximate surface area is 228 Å². The first-order valence-electron chi connectivity index (χ1n) is 13.2. The van der Waals surface area contributed by atoms with E-state index in [1.807, 2.05) is 30.9 Å². The number of rotatable bonds is 4. The number of fused-ring (bicyclic) bond motifs is 2. The largest absolute Gasteiger partial charge is 0.264 e. The molecule has 0 saturated heterocycles. The van der Waals surface area contributed by atoms with Crippen LogP contribution in [0.15, 0.2) is 140 Å². The van der Waals surface area contributed by atoms with Crippen molar-refractivity contribution in [3.63, 3.8) is 0 Å². The van der Waals surface area contributed by atoms with Crippen LogP contribution < -0.4 is 0 Å². The van der Waals surface area contributed by atoms with E-state index in [1.165, 1.54) is 66.1 Å². The third-order valence-electron chi connectivity index (χ3n) is 7.62. The molecule has 0 radical (unpaired) electrons. The maximum Gasteiger partial charge on any atom is 0.0349 e.